The summed E-state index contributed by atoms with van der Waals surface area (Å²) in [5.41, 5.74) is 0.595. The minimum Gasteiger partial charge on any atom is -0.355 e. The highest BCUT2D eigenvalue weighted by molar-refractivity contribution is 6.30. The Labute approximate surface area is 122 Å². The van der Waals surface area contributed by atoms with E-state index in [0.29, 0.717) is 12.1 Å². The van der Waals surface area contributed by atoms with Crippen LogP contribution in [0.3, 0.4) is 0 Å². The second-order valence-corrected chi connectivity index (χ2v) is 4.54. The molecule has 0 aromatic heterocycles. The van der Waals surface area contributed by atoms with Crippen molar-refractivity contribution >= 4 is 29.5 Å². The van der Waals surface area contributed by atoms with Gasteiger partial charge in [-0.05, 0) is 37.6 Å². The van der Waals surface area contributed by atoms with Crippen molar-refractivity contribution < 1.29 is 14.0 Å². The summed E-state index contributed by atoms with van der Waals surface area (Å²) in [7, 11) is 0. The first-order valence-corrected chi connectivity index (χ1v) is 6.53. The van der Waals surface area contributed by atoms with Crippen LogP contribution in [0, 0.1) is 5.82 Å². The summed E-state index contributed by atoms with van der Waals surface area (Å²) >= 11 is 5.63. The summed E-state index contributed by atoms with van der Waals surface area (Å²) in [5.74, 6) is -1.18. The summed E-state index contributed by atoms with van der Waals surface area (Å²) in [6, 6.07) is 3.51. The summed E-state index contributed by atoms with van der Waals surface area (Å²) in [5, 5.41) is 5.11. The molecule has 0 aliphatic rings. The van der Waals surface area contributed by atoms with E-state index in [4.69, 9.17) is 11.6 Å². The van der Waals surface area contributed by atoms with Crippen LogP contribution in [0.4, 0.5) is 4.39 Å². The quantitative estimate of drug-likeness (QED) is 0.818. The minimum absolute atomic E-state index is 0.0109. The summed E-state index contributed by atoms with van der Waals surface area (Å²) in [6.45, 7) is 3.89. The van der Waals surface area contributed by atoms with E-state index in [1.165, 1.54) is 30.4 Å². The van der Waals surface area contributed by atoms with Gasteiger partial charge in [0.2, 0.25) is 11.8 Å². The number of carbonyl (C=O) groups excluding carboxylic acids is 2. The third-order valence-corrected chi connectivity index (χ3v) is 2.76. The van der Waals surface area contributed by atoms with Crippen LogP contribution in [0.5, 0.6) is 0 Å². The molecule has 1 aromatic carbocycles. The molecule has 0 aliphatic heterocycles. The second-order valence-electron chi connectivity index (χ2n) is 4.13. The van der Waals surface area contributed by atoms with E-state index in [0.717, 1.165) is 0 Å². The first-order valence-electron chi connectivity index (χ1n) is 6.15. The topological polar surface area (TPSA) is 58.2 Å². The third-order valence-electron chi connectivity index (χ3n) is 2.47. The van der Waals surface area contributed by atoms with Gasteiger partial charge in [-0.2, -0.15) is 0 Å². The molecule has 1 rings (SSSR count). The highest BCUT2D eigenvalue weighted by Gasteiger charge is 2.12. The predicted octanol–water partition coefficient (Wildman–Crippen LogP) is 2.13. The molecule has 0 bridgehead atoms. The van der Waals surface area contributed by atoms with Crippen molar-refractivity contribution in [2.75, 3.05) is 6.54 Å². The molecule has 20 heavy (non-hydrogen) atoms. The highest BCUT2D eigenvalue weighted by atomic mass is 35.5. The summed E-state index contributed by atoms with van der Waals surface area (Å²) in [6.07, 6.45) is 2.75. The van der Waals surface area contributed by atoms with Crippen LogP contribution in [-0.2, 0) is 9.59 Å². The first-order chi connectivity index (χ1) is 9.43. The van der Waals surface area contributed by atoms with Gasteiger partial charge >= 0.3 is 0 Å². The molecule has 6 heteroatoms. The fraction of sp³-hybridized carbons (Fsp3) is 0.286. The number of halogens is 2. The summed E-state index contributed by atoms with van der Waals surface area (Å²) < 4.78 is 13.0. The number of likely N-dealkylation sites (N-methyl/N-ethyl adjacent to an activating group) is 1. The molecule has 1 atom stereocenters. The van der Waals surface area contributed by atoms with Gasteiger partial charge in [0.15, 0.2) is 0 Å². The molecule has 2 N–H and O–H groups in total. The van der Waals surface area contributed by atoms with E-state index >= 15 is 0 Å². The van der Waals surface area contributed by atoms with Gasteiger partial charge in [-0.25, -0.2) is 4.39 Å². The lowest BCUT2D eigenvalue weighted by molar-refractivity contribution is -0.126. The molecule has 1 aromatic rings. The van der Waals surface area contributed by atoms with E-state index in [2.05, 4.69) is 10.6 Å². The monoisotopic (exact) mass is 298 g/mol. The minimum atomic E-state index is -0.621. The van der Waals surface area contributed by atoms with Crippen LogP contribution in [0.15, 0.2) is 24.3 Å². The molecule has 0 spiro atoms. The van der Waals surface area contributed by atoms with Crippen molar-refractivity contribution in [2.45, 2.75) is 19.9 Å². The number of carbonyl (C=O) groups is 2. The van der Waals surface area contributed by atoms with Crippen molar-refractivity contribution in [3.8, 4) is 0 Å². The Morgan fingerprint density at radius 2 is 2.15 bits per heavy atom. The number of hydrogen-bond acceptors (Lipinski definition) is 2. The van der Waals surface area contributed by atoms with Crippen LogP contribution >= 0.6 is 11.6 Å². The van der Waals surface area contributed by atoms with E-state index in [-0.39, 0.29) is 10.9 Å². The van der Waals surface area contributed by atoms with Gasteiger partial charge in [0.05, 0.1) is 5.02 Å². The predicted molar refractivity (Wildman–Crippen MR) is 76.7 cm³/mol. The van der Waals surface area contributed by atoms with Crippen LogP contribution in [0.2, 0.25) is 5.02 Å². The van der Waals surface area contributed by atoms with Crippen LogP contribution in [-0.4, -0.2) is 24.4 Å². The fourth-order valence-electron chi connectivity index (χ4n) is 1.44. The van der Waals surface area contributed by atoms with Gasteiger partial charge in [0.1, 0.15) is 11.9 Å². The molecule has 0 aliphatic carbocycles. The van der Waals surface area contributed by atoms with E-state index in [1.807, 2.05) is 0 Å². The number of hydrogen-bond donors (Lipinski definition) is 2. The molecule has 108 valence electrons. The molecular formula is C14H16ClFN2O2. The SMILES string of the molecule is CCNC(=O)[C@H](C)NC(=O)/C=C/c1ccc(F)c(Cl)c1. The first kappa shape index (κ1) is 16.2. The summed E-state index contributed by atoms with van der Waals surface area (Å²) in [4.78, 5) is 23.0. The zero-order valence-electron chi connectivity index (χ0n) is 11.2. The van der Waals surface area contributed by atoms with Gasteiger partial charge in [-0.3, -0.25) is 9.59 Å². The van der Waals surface area contributed by atoms with E-state index < -0.39 is 17.8 Å². The van der Waals surface area contributed by atoms with E-state index in [1.54, 1.807) is 13.8 Å². The molecule has 0 unspecified atom stereocenters. The van der Waals surface area contributed by atoms with Crippen molar-refractivity contribution in [2.24, 2.45) is 0 Å². The zero-order valence-corrected chi connectivity index (χ0v) is 12.0. The molecular weight excluding hydrogens is 283 g/mol. The van der Waals surface area contributed by atoms with Gasteiger partial charge in [-0.15, -0.1) is 0 Å². The maximum absolute atomic E-state index is 13.0. The molecule has 0 radical (unpaired) electrons. The second kappa shape index (κ2) is 7.65. The molecule has 0 saturated carbocycles. The van der Waals surface area contributed by atoms with Crippen molar-refractivity contribution in [1.29, 1.82) is 0 Å². The standard InChI is InChI=1S/C14H16ClFN2O2/c1-3-17-14(20)9(2)18-13(19)7-5-10-4-6-12(16)11(15)8-10/h4-9H,3H2,1-2H3,(H,17,20)(H,18,19)/b7-5+/t9-/m0/s1. The average Bonchev–Trinajstić information content (AvgIpc) is 2.40. The smallest absolute Gasteiger partial charge is 0.244 e. The molecule has 0 saturated heterocycles. The Morgan fingerprint density at radius 1 is 1.45 bits per heavy atom. The number of rotatable bonds is 5. The number of nitrogens with one attached hydrogen (secondary N) is 2. The lowest BCUT2D eigenvalue weighted by Gasteiger charge is -2.11. The Bertz CT molecular complexity index is 532. The maximum Gasteiger partial charge on any atom is 0.244 e. The average molecular weight is 299 g/mol. The molecule has 0 fully saturated rings. The lowest BCUT2D eigenvalue weighted by atomic mass is 10.2. The van der Waals surface area contributed by atoms with Gasteiger partial charge in [0, 0.05) is 12.6 Å². The van der Waals surface area contributed by atoms with E-state index in [9.17, 15) is 14.0 Å². The van der Waals surface area contributed by atoms with Gasteiger partial charge < -0.3 is 10.6 Å². The van der Waals surface area contributed by atoms with Crippen LogP contribution < -0.4 is 10.6 Å². The van der Waals surface area contributed by atoms with Crippen molar-refractivity contribution in [3.63, 3.8) is 0 Å². The fourth-order valence-corrected chi connectivity index (χ4v) is 1.63. The molecule has 2 amide bonds. The highest BCUT2D eigenvalue weighted by Crippen LogP contribution is 2.16. The Morgan fingerprint density at radius 3 is 2.75 bits per heavy atom. The van der Waals surface area contributed by atoms with Gasteiger partial charge in [-0.1, -0.05) is 17.7 Å². The number of amides is 2. The Hall–Kier alpha value is -1.88. The van der Waals surface area contributed by atoms with Crippen LogP contribution in [0.1, 0.15) is 19.4 Å². The molecule has 4 nitrogen and oxygen atoms in total. The largest absolute Gasteiger partial charge is 0.355 e. The molecule has 0 heterocycles. The number of benzene rings is 1. The Balaban J connectivity index is 2.59. The Kier molecular flexibility index (Phi) is 6.18. The van der Waals surface area contributed by atoms with Crippen molar-refractivity contribution in [3.05, 3.63) is 40.7 Å². The lowest BCUT2D eigenvalue weighted by Crippen LogP contribution is -2.44. The normalized spacial score (nSPS) is 12.2. The maximum atomic E-state index is 13.0. The van der Waals surface area contributed by atoms with Crippen LogP contribution in [0.25, 0.3) is 6.08 Å². The van der Waals surface area contributed by atoms with Crippen molar-refractivity contribution in [1.82, 2.24) is 10.6 Å². The third kappa shape index (κ3) is 5.01. The van der Waals surface area contributed by atoms with Gasteiger partial charge in [0.25, 0.3) is 0 Å². The zero-order chi connectivity index (χ0) is 15.1.